The third-order valence-electron chi connectivity index (χ3n) is 0.864. The quantitative estimate of drug-likeness (QED) is 0.489. The van der Waals surface area contributed by atoms with E-state index in [4.69, 9.17) is 4.74 Å². The van der Waals surface area contributed by atoms with Crippen LogP contribution in [0.15, 0.2) is 0 Å². The van der Waals surface area contributed by atoms with Crippen LogP contribution in [-0.2, 0) is 4.74 Å². The molecule has 0 rings (SSSR count). The zero-order valence-corrected chi connectivity index (χ0v) is 8.58. The first kappa shape index (κ1) is 9.83. The second kappa shape index (κ2) is 8.83. The molecule has 0 saturated heterocycles. The fraction of sp³-hybridized carbons (Fsp3) is 1.00. The molecule has 3 heteroatoms. The summed E-state index contributed by atoms with van der Waals surface area (Å²) in [6, 6.07) is 0. The van der Waals surface area contributed by atoms with Crippen molar-refractivity contribution in [2.75, 3.05) is 25.2 Å². The molecule has 9 heavy (non-hydrogen) atoms. The van der Waals surface area contributed by atoms with E-state index in [-0.39, 0.29) is 0 Å². The van der Waals surface area contributed by atoms with Gasteiger partial charge in [-0.3, -0.25) is 0 Å². The fourth-order valence-corrected chi connectivity index (χ4v) is 1.27. The van der Waals surface area contributed by atoms with Crippen LogP contribution in [0, 0.1) is 0 Å². The fourth-order valence-electron chi connectivity index (χ4n) is 0.387. The van der Waals surface area contributed by atoms with E-state index in [9.17, 15) is 0 Å². The molecule has 0 radical (unpaired) electrons. The van der Waals surface area contributed by atoms with Gasteiger partial charge in [-0.05, 0) is 0 Å². The van der Waals surface area contributed by atoms with Crippen molar-refractivity contribution in [3.05, 3.63) is 0 Å². The van der Waals surface area contributed by atoms with E-state index >= 15 is 0 Å². The Bertz CT molecular complexity index is 46.3. The topological polar surface area (TPSA) is 9.23 Å². The Morgan fingerprint density at radius 2 is 2.22 bits per heavy atom. The minimum atomic E-state index is 0.791. The SMILES string of the molecule is CSCCOCC[Se]C. The van der Waals surface area contributed by atoms with Gasteiger partial charge in [0.2, 0.25) is 0 Å². The third-order valence-corrected chi connectivity index (χ3v) is 2.64. The summed E-state index contributed by atoms with van der Waals surface area (Å²) in [4.78, 5) is 0. The van der Waals surface area contributed by atoms with Crippen LogP contribution in [0.25, 0.3) is 0 Å². The van der Waals surface area contributed by atoms with Gasteiger partial charge in [0, 0.05) is 0 Å². The van der Waals surface area contributed by atoms with Crippen LogP contribution in [0.2, 0.25) is 11.1 Å². The van der Waals surface area contributed by atoms with Crippen molar-refractivity contribution in [2.45, 2.75) is 11.1 Å². The number of ether oxygens (including phenoxy) is 1. The molecule has 0 aliphatic heterocycles. The molecule has 0 saturated carbocycles. The summed E-state index contributed by atoms with van der Waals surface area (Å²) in [5.41, 5.74) is 0. The summed E-state index contributed by atoms with van der Waals surface area (Å²) < 4.78 is 5.31. The standard InChI is InChI=1S/C6H14OSSe/c1-8-5-3-7-4-6-9-2/h3-6H2,1-2H3. The molecule has 0 aliphatic carbocycles. The Morgan fingerprint density at radius 3 is 2.78 bits per heavy atom. The van der Waals surface area contributed by atoms with Gasteiger partial charge in [-0.25, -0.2) is 0 Å². The third kappa shape index (κ3) is 8.83. The van der Waals surface area contributed by atoms with Crippen LogP contribution in [-0.4, -0.2) is 40.2 Å². The van der Waals surface area contributed by atoms with E-state index in [0.717, 1.165) is 33.9 Å². The van der Waals surface area contributed by atoms with Crippen LogP contribution in [0.1, 0.15) is 0 Å². The molecule has 1 nitrogen and oxygen atoms in total. The molecule has 0 aromatic heterocycles. The number of rotatable bonds is 6. The van der Waals surface area contributed by atoms with Gasteiger partial charge in [-0.15, -0.1) is 0 Å². The summed E-state index contributed by atoms with van der Waals surface area (Å²) in [5.74, 6) is 3.38. The van der Waals surface area contributed by atoms with E-state index in [1.165, 1.54) is 5.32 Å². The summed E-state index contributed by atoms with van der Waals surface area (Å²) in [6.07, 6.45) is 2.10. The van der Waals surface area contributed by atoms with Crippen molar-refractivity contribution in [2.24, 2.45) is 0 Å². The maximum atomic E-state index is 5.31. The molecule has 0 spiro atoms. The van der Waals surface area contributed by atoms with Crippen LogP contribution < -0.4 is 0 Å². The van der Waals surface area contributed by atoms with Gasteiger partial charge in [-0.2, -0.15) is 0 Å². The Morgan fingerprint density at radius 1 is 1.44 bits per heavy atom. The van der Waals surface area contributed by atoms with Gasteiger partial charge >= 0.3 is 67.8 Å². The molecular weight excluding hydrogens is 199 g/mol. The van der Waals surface area contributed by atoms with Crippen LogP contribution in [0.3, 0.4) is 0 Å². The average molecular weight is 213 g/mol. The molecular formula is C6H14OSSe. The van der Waals surface area contributed by atoms with Crippen LogP contribution >= 0.6 is 11.8 Å². The van der Waals surface area contributed by atoms with Crippen molar-refractivity contribution in [1.82, 2.24) is 0 Å². The van der Waals surface area contributed by atoms with Gasteiger partial charge in [-0.1, -0.05) is 0 Å². The Hall–Kier alpha value is 0.829. The zero-order chi connectivity index (χ0) is 6.95. The normalized spacial score (nSPS) is 10.0. The van der Waals surface area contributed by atoms with Crippen molar-refractivity contribution >= 4 is 26.7 Å². The van der Waals surface area contributed by atoms with Crippen molar-refractivity contribution < 1.29 is 4.74 Å². The predicted octanol–water partition coefficient (Wildman–Crippen LogP) is 1.54. The van der Waals surface area contributed by atoms with E-state index in [0.29, 0.717) is 0 Å². The molecule has 0 aromatic carbocycles. The predicted molar refractivity (Wildman–Crippen MR) is 45.6 cm³/mol. The van der Waals surface area contributed by atoms with E-state index < -0.39 is 0 Å². The van der Waals surface area contributed by atoms with Crippen LogP contribution in [0.5, 0.6) is 0 Å². The van der Waals surface area contributed by atoms with Crippen molar-refractivity contribution in [3.8, 4) is 0 Å². The maximum absolute atomic E-state index is 5.31. The Balaban J connectivity index is 2.60. The number of thioether (sulfide) groups is 1. The number of hydrogen-bond donors (Lipinski definition) is 0. The first-order chi connectivity index (χ1) is 4.41. The second-order valence-corrected chi connectivity index (χ2v) is 4.65. The van der Waals surface area contributed by atoms with Gasteiger partial charge < -0.3 is 0 Å². The molecule has 0 heterocycles. The van der Waals surface area contributed by atoms with Crippen molar-refractivity contribution in [3.63, 3.8) is 0 Å². The summed E-state index contributed by atoms with van der Waals surface area (Å²) >= 11 is 2.63. The van der Waals surface area contributed by atoms with E-state index in [1.54, 1.807) is 0 Å². The first-order valence-electron chi connectivity index (χ1n) is 2.97. The Labute approximate surface area is 68.1 Å². The van der Waals surface area contributed by atoms with Crippen molar-refractivity contribution in [1.29, 1.82) is 0 Å². The minimum absolute atomic E-state index is 0.791. The van der Waals surface area contributed by atoms with Gasteiger partial charge in [0.1, 0.15) is 0 Å². The monoisotopic (exact) mass is 214 g/mol. The first-order valence-corrected chi connectivity index (χ1v) is 7.29. The molecule has 0 amide bonds. The molecule has 0 N–H and O–H groups in total. The zero-order valence-electron chi connectivity index (χ0n) is 6.05. The van der Waals surface area contributed by atoms with Gasteiger partial charge in [0.15, 0.2) is 0 Å². The molecule has 0 unspecified atom stereocenters. The Kier molecular flexibility index (Phi) is 9.64. The molecule has 0 bridgehead atoms. The van der Waals surface area contributed by atoms with E-state index in [1.807, 2.05) is 11.8 Å². The molecule has 0 atom stereocenters. The second-order valence-electron chi connectivity index (χ2n) is 1.60. The van der Waals surface area contributed by atoms with Gasteiger partial charge in [0.25, 0.3) is 0 Å². The molecule has 0 fully saturated rings. The van der Waals surface area contributed by atoms with E-state index in [2.05, 4.69) is 12.1 Å². The summed E-state index contributed by atoms with van der Waals surface area (Å²) in [5, 5.41) is 1.27. The van der Waals surface area contributed by atoms with Crippen LogP contribution in [0.4, 0.5) is 0 Å². The number of hydrogen-bond acceptors (Lipinski definition) is 2. The van der Waals surface area contributed by atoms with Gasteiger partial charge in [0.05, 0.1) is 0 Å². The molecule has 0 aliphatic rings. The molecule has 0 aromatic rings. The summed E-state index contributed by atoms with van der Waals surface area (Å²) in [7, 11) is 0. The average Bonchev–Trinajstić information content (AvgIpc) is 1.89. The summed E-state index contributed by atoms with van der Waals surface area (Å²) in [6.45, 7) is 1.90. The molecule has 56 valence electrons.